The van der Waals surface area contributed by atoms with Gasteiger partial charge in [0.1, 0.15) is 5.82 Å². The molecule has 2 atom stereocenters. The van der Waals surface area contributed by atoms with Crippen LogP contribution in [0.25, 0.3) is 0 Å². The predicted octanol–water partition coefficient (Wildman–Crippen LogP) is 2.15. The lowest BCUT2D eigenvalue weighted by Crippen LogP contribution is -2.34. The van der Waals surface area contributed by atoms with E-state index in [1.54, 1.807) is 12.4 Å². The first-order chi connectivity index (χ1) is 13.8. The highest BCUT2D eigenvalue weighted by Crippen LogP contribution is 2.40. The fraction of sp³-hybridized carbons (Fsp3) is 0.333. The molecule has 1 aromatic carbocycles. The number of fused-ring (bicyclic) bond motifs is 1. The molecule has 0 amide bonds. The molecule has 2 aliphatic rings. The van der Waals surface area contributed by atoms with Gasteiger partial charge in [0.15, 0.2) is 6.29 Å². The third-order valence-corrected chi connectivity index (χ3v) is 5.49. The van der Waals surface area contributed by atoms with Crippen molar-refractivity contribution in [2.75, 3.05) is 11.4 Å². The summed E-state index contributed by atoms with van der Waals surface area (Å²) in [5.74, 6) is 2.30. The second kappa shape index (κ2) is 7.16. The molecule has 1 aliphatic carbocycles. The Morgan fingerprint density at radius 2 is 1.96 bits per heavy atom. The molecule has 28 heavy (non-hydrogen) atoms. The zero-order chi connectivity index (χ0) is 18.9. The molecule has 142 valence electrons. The number of hydrogen-bond donors (Lipinski definition) is 1. The Hall–Kier alpha value is -3.06. The highest BCUT2D eigenvalue weighted by Gasteiger charge is 2.37. The van der Waals surface area contributed by atoms with Crippen molar-refractivity contribution >= 4 is 12.2 Å². The molecule has 0 radical (unpaired) electrons. The van der Waals surface area contributed by atoms with Gasteiger partial charge >= 0.3 is 0 Å². The van der Waals surface area contributed by atoms with E-state index in [0.29, 0.717) is 30.0 Å². The number of aromatic nitrogens is 4. The van der Waals surface area contributed by atoms with Crippen molar-refractivity contribution < 1.29 is 4.79 Å². The molecule has 3 aromatic rings. The normalized spacial score (nSPS) is 20.6. The first-order valence-electron chi connectivity index (χ1n) is 9.65. The maximum absolute atomic E-state index is 10.8. The summed E-state index contributed by atoms with van der Waals surface area (Å²) in [5, 5.41) is 3.64. The number of anilines is 1. The van der Waals surface area contributed by atoms with Crippen molar-refractivity contribution in [2.45, 2.75) is 38.0 Å². The minimum atomic E-state index is 0.490. The molecule has 0 spiro atoms. The number of carbonyl (C=O) groups is 1. The fourth-order valence-electron chi connectivity index (χ4n) is 3.85. The number of hydrogen-bond acceptors (Lipinski definition) is 6. The number of nitrogens with one attached hydrogen (secondary N) is 1. The van der Waals surface area contributed by atoms with Gasteiger partial charge in [-0.1, -0.05) is 30.3 Å². The van der Waals surface area contributed by atoms with Crippen LogP contribution in [0.1, 0.15) is 39.8 Å². The van der Waals surface area contributed by atoms with Crippen molar-refractivity contribution in [1.82, 2.24) is 24.8 Å². The van der Waals surface area contributed by atoms with E-state index < -0.39 is 0 Å². The van der Waals surface area contributed by atoms with Gasteiger partial charge in [0, 0.05) is 50.2 Å². The molecule has 2 aromatic heterocycles. The molecule has 5 rings (SSSR count). The van der Waals surface area contributed by atoms with Crippen LogP contribution in [0.3, 0.4) is 0 Å². The Bertz CT molecular complexity index is 968. The number of carbonyl (C=O) groups excluding carboxylic acids is 1. The zero-order valence-electron chi connectivity index (χ0n) is 15.5. The van der Waals surface area contributed by atoms with E-state index in [2.05, 4.69) is 61.3 Å². The van der Waals surface area contributed by atoms with E-state index in [1.165, 1.54) is 12.0 Å². The molecule has 7 nitrogen and oxygen atoms in total. The van der Waals surface area contributed by atoms with Gasteiger partial charge in [-0.2, -0.15) is 0 Å². The maximum atomic E-state index is 10.8. The van der Waals surface area contributed by atoms with Gasteiger partial charge in [0.2, 0.25) is 5.95 Å². The molecule has 1 fully saturated rings. The summed E-state index contributed by atoms with van der Waals surface area (Å²) in [6, 6.07) is 11.2. The van der Waals surface area contributed by atoms with Gasteiger partial charge in [-0.15, -0.1) is 0 Å². The van der Waals surface area contributed by atoms with Gasteiger partial charge in [-0.25, -0.2) is 15.0 Å². The molecule has 1 aliphatic heterocycles. The average molecular weight is 374 g/mol. The molecule has 3 heterocycles. The van der Waals surface area contributed by atoms with E-state index in [1.807, 2.05) is 0 Å². The summed E-state index contributed by atoms with van der Waals surface area (Å²) in [7, 11) is 0. The summed E-state index contributed by atoms with van der Waals surface area (Å²) >= 11 is 0. The third-order valence-electron chi connectivity index (χ3n) is 5.49. The third kappa shape index (κ3) is 3.41. The number of nitrogens with zero attached hydrogens (tertiary/aromatic N) is 5. The molecule has 1 N–H and O–H groups in total. The highest BCUT2D eigenvalue weighted by atomic mass is 16.1. The van der Waals surface area contributed by atoms with E-state index in [9.17, 15) is 4.79 Å². The number of aldehydes is 1. The van der Waals surface area contributed by atoms with Crippen LogP contribution in [0.15, 0.2) is 48.9 Å². The smallest absolute Gasteiger partial charge is 0.225 e. The second-order valence-electron chi connectivity index (χ2n) is 7.44. The van der Waals surface area contributed by atoms with Crippen LogP contribution >= 0.6 is 0 Å². The molecule has 0 bridgehead atoms. The zero-order valence-corrected chi connectivity index (χ0v) is 15.5. The van der Waals surface area contributed by atoms with E-state index >= 15 is 0 Å². The molecule has 0 saturated heterocycles. The van der Waals surface area contributed by atoms with Crippen molar-refractivity contribution in [3.05, 3.63) is 71.6 Å². The summed E-state index contributed by atoms with van der Waals surface area (Å²) in [5.41, 5.74) is 2.98. The second-order valence-corrected chi connectivity index (χ2v) is 7.44. The average Bonchev–Trinajstić information content (AvgIpc) is 3.42. The van der Waals surface area contributed by atoms with Gasteiger partial charge in [0.25, 0.3) is 0 Å². The quantitative estimate of drug-likeness (QED) is 0.667. The van der Waals surface area contributed by atoms with Crippen molar-refractivity contribution in [3.8, 4) is 0 Å². The number of benzene rings is 1. The van der Waals surface area contributed by atoms with Crippen LogP contribution in [0.2, 0.25) is 0 Å². The van der Waals surface area contributed by atoms with Gasteiger partial charge in [0.05, 0.1) is 17.8 Å². The monoisotopic (exact) mass is 374 g/mol. The van der Waals surface area contributed by atoms with Gasteiger partial charge in [-0.05, 0) is 12.0 Å². The lowest BCUT2D eigenvalue weighted by molar-refractivity contribution is 0.112. The minimum Gasteiger partial charge on any atom is -0.332 e. The molecule has 1 saturated carbocycles. The van der Waals surface area contributed by atoms with Crippen molar-refractivity contribution in [1.29, 1.82) is 0 Å². The van der Waals surface area contributed by atoms with Crippen LogP contribution in [0.5, 0.6) is 0 Å². The Balaban J connectivity index is 1.20. The molecular formula is C21H22N6O. The molecule has 2 unspecified atom stereocenters. The predicted molar refractivity (Wildman–Crippen MR) is 105 cm³/mol. The van der Waals surface area contributed by atoms with Crippen LogP contribution in [0.4, 0.5) is 5.95 Å². The number of imidazole rings is 1. The van der Waals surface area contributed by atoms with Crippen LogP contribution in [0, 0.1) is 0 Å². The van der Waals surface area contributed by atoms with Crippen molar-refractivity contribution in [2.24, 2.45) is 0 Å². The molecular weight excluding hydrogens is 352 g/mol. The van der Waals surface area contributed by atoms with Gasteiger partial charge in [-0.3, -0.25) is 4.79 Å². The summed E-state index contributed by atoms with van der Waals surface area (Å²) in [4.78, 5) is 26.2. The standard InChI is InChI=1S/C21H22N6O/c28-14-15-9-23-21(24-10-15)27-7-6-26-12-17(25-20(26)13-27)11-22-19-8-18(19)16-4-2-1-3-5-16/h1-5,9-10,12,14,18-19,22H,6-8,11,13H2. The van der Waals surface area contributed by atoms with E-state index in [0.717, 1.165) is 37.4 Å². The Labute approximate surface area is 163 Å². The highest BCUT2D eigenvalue weighted by molar-refractivity contribution is 5.73. The van der Waals surface area contributed by atoms with E-state index in [4.69, 9.17) is 4.98 Å². The largest absolute Gasteiger partial charge is 0.332 e. The van der Waals surface area contributed by atoms with E-state index in [-0.39, 0.29) is 0 Å². The van der Waals surface area contributed by atoms with Crippen molar-refractivity contribution in [3.63, 3.8) is 0 Å². The summed E-state index contributed by atoms with van der Waals surface area (Å²) in [6.45, 7) is 3.15. The van der Waals surface area contributed by atoms with Crippen LogP contribution in [-0.2, 0) is 19.6 Å². The van der Waals surface area contributed by atoms with Gasteiger partial charge < -0.3 is 14.8 Å². The van der Waals surface area contributed by atoms with Crippen LogP contribution in [-0.4, -0.2) is 38.4 Å². The Kier molecular flexibility index (Phi) is 4.37. The topological polar surface area (TPSA) is 75.9 Å². The van der Waals surface area contributed by atoms with Crippen LogP contribution < -0.4 is 10.2 Å². The fourth-order valence-corrected chi connectivity index (χ4v) is 3.85. The first-order valence-corrected chi connectivity index (χ1v) is 9.65. The Morgan fingerprint density at radius 3 is 2.75 bits per heavy atom. The Morgan fingerprint density at radius 1 is 1.14 bits per heavy atom. The lowest BCUT2D eigenvalue weighted by atomic mass is 10.1. The SMILES string of the molecule is O=Cc1cnc(N2CCn3cc(CNC4CC4c4ccccc4)nc3C2)nc1. The summed E-state index contributed by atoms with van der Waals surface area (Å²) < 4.78 is 2.22. The number of rotatable bonds is 6. The first kappa shape index (κ1) is 17.1. The lowest BCUT2D eigenvalue weighted by Gasteiger charge is -2.27. The molecule has 7 heteroatoms. The minimum absolute atomic E-state index is 0.490. The summed E-state index contributed by atoms with van der Waals surface area (Å²) in [6.07, 6.45) is 7.22. The maximum Gasteiger partial charge on any atom is 0.225 e.